The van der Waals surface area contributed by atoms with Crippen molar-refractivity contribution in [2.75, 3.05) is 27.4 Å². The van der Waals surface area contributed by atoms with E-state index in [1.54, 1.807) is 24.1 Å². The van der Waals surface area contributed by atoms with Gasteiger partial charge >= 0.3 is 0 Å². The van der Waals surface area contributed by atoms with Gasteiger partial charge in [-0.25, -0.2) is 13.1 Å². The Hall–Kier alpha value is -1.64. The van der Waals surface area contributed by atoms with Gasteiger partial charge in [-0.3, -0.25) is 4.79 Å². The van der Waals surface area contributed by atoms with Gasteiger partial charge in [0.15, 0.2) is 0 Å². The van der Waals surface area contributed by atoms with Crippen molar-refractivity contribution in [1.82, 2.24) is 9.62 Å². The molecule has 29 heavy (non-hydrogen) atoms. The first-order valence-electron chi connectivity index (χ1n) is 10.4. The summed E-state index contributed by atoms with van der Waals surface area (Å²) in [6.45, 7) is 4.95. The Balaban J connectivity index is 2.37. The van der Waals surface area contributed by atoms with E-state index in [1.165, 1.54) is 13.2 Å². The van der Waals surface area contributed by atoms with Crippen molar-refractivity contribution >= 4 is 15.9 Å². The van der Waals surface area contributed by atoms with Crippen LogP contribution in [0, 0.1) is 0 Å². The van der Waals surface area contributed by atoms with Crippen LogP contribution in [0.1, 0.15) is 62.7 Å². The Kier molecular flexibility index (Phi) is 8.92. The fourth-order valence-electron chi connectivity index (χ4n) is 3.88. The number of amides is 1. The standard InChI is InChI=1S/C21H34N2O5S/c1-5-18(6-2)23(13-14-27-3)21(24)16-11-12-19(28-4)20(15-16)29(25,26)22-17-9-7-8-10-17/h11-12,15,17-18,22H,5-10,13-14H2,1-4H3. The second kappa shape index (κ2) is 10.9. The molecule has 1 saturated carbocycles. The zero-order valence-corrected chi connectivity index (χ0v) is 18.8. The maximum atomic E-state index is 13.2. The van der Waals surface area contributed by atoms with Crippen LogP contribution in [0.5, 0.6) is 5.75 Å². The van der Waals surface area contributed by atoms with Crippen LogP contribution >= 0.6 is 0 Å². The summed E-state index contributed by atoms with van der Waals surface area (Å²) in [5.74, 6) is 0.0359. The summed E-state index contributed by atoms with van der Waals surface area (Å²) in [5, 5.41) is 0. The zero-order valence-electron chi connectivity index (χ0n) is 17.9. The number of carbonyl (C=O) groups is 1. The molecule has 0 unspecified atom stereocenters. The van der Waals surface area contributed by atoms with Crippen LogP contribution in [0.4, 0.5) is 0 Å². The van der Waals surface area contributed by atoms with Crippen LogP contribution in [-0.2, 0) is 14.8 Å². The maximum Gasteiger partial charge on any atom is 0.254 e. The minimum absolute atomic E-state index is 0.00832. The average molecular weight is 427 g/mol. The molecule has 1 aliphatic carbocycles. The lowest BCUT2D eigenvalue weighted by Crippen LogP contribution is -2.42. The van der Waals surface area contributed by atoms with E-state index < -0.39 is 10.0 Å². The molecule has 0 radical (unpaired) electrons. The van der Waals surface area contributed by atoms with Crippen LogP contribution in [0.2, 0.25) is 0 Å². The van der Waals surface area contributed by atoms with Crippen LogP contribution in [0.25, 0.3) is 0 Å². The molecule has 0 bridgehead atoms. The third-order valence-electron chi connectivity index (χ3n) is 5.56. The molecule has 0 aliphatic heterocycles. The predicted octanol–water partition coefficient (Wildman–Crippen LogP) is 3.19. The Labute approximate surface area is 174 Å². The molecule has 164 valence electrons. The van der Waals surface area contributed by atoms with Crippen LogP contribution in [0.3, 0.4) is 0 Å². The topological polar surface area (TPSA) is 84.9 Å². The van der Waals surface area contributed by atoms with Gasteiger partial charge in [-0.05, 0) is 43.9 Å². The molecule has 0 aromatic heterocycles. The summed E-state index contributed by atoms with van der Waals surface area (Å²) in [4.78, 5) is 15.0. The van der Waals surface area contributed by atoms with E-state index in [9.17, 15) is 13.2 Å². The van der Waals surface area contributed by atoms with Crippen molar-refractivity contribution < 1.29 is 22.7 Å². The van der Waals surface area contributed by atoms with Crippen molar-refractivity contribution in [2.45, 2.75) is 69.4 Å². The van der Waals surface area contributed by atoms with Crippen molar-refractivity contribution in [3.63, 3.8) is 0 Å². The highest BCUT2D eigenvalue weighted by atomic mass is 32.2. The number of sulfonamides is 1. The molecule has 0 atom stereocenters. The van der Waals surface area contributed by atoms with Gasteiger partial charge < -0.3 is 14.4 Å². The van der Waals surface area contributed by atoms with Gasteiger partial charge in [-0.2, -0.15) is 0 Å². The molecule has 1 aromatic carbocycles. The number of nitrogens with one attached hydrogen (secondary N) is 1. The lowest BCUT2D eigenvalue weighted by atomic mass is 10.1. The number of ether oxygens (including phenoxy) is 2. The largest absolute Gasteiger partial charge is 0.495 e. The van der Waals surface area contributed by atoms with E-state index in [2.05, 4.69) is 4.72 Å². The van der Waals surface area contributed by atoms with Gasteiger partial charge in [-0.15, -0.1) is 0 Å². The molecule has 1 aliphatic rings. The number of carbonyl (C=O) groups excluding carboxylic acids is 1. The van der Waals surface area contributed by atoms with Gasteiger partial charge in [0.05, 0.1) is 13.7 Å². The Morgan fingerprint density at radius 2 is 1.86 bits per heavy atom. The average Bonchev–Trinajstić information content (AvgIpc) is 3.22. The number of rotatable bonds is 11. The SMILES string of the molecule is CCC(CC)N(CCOC)C(=O)c1ccc(OC)c(S(=O)(=O)NC2CCCC2)c1. The van der Waals surface area contributed by atoms with Crippen molar-refractivity contribution in [3.8, 4) is 5.75 Å². The Morgan fingerprint density at radius 1 is 1.21 bits per heavy atom. The third kappa shape index (κ3) is 5.93. The molecule has 0 heterocycles. The zero-order chi connectivity index (χ0) is 21.4. The van der Waals surface area contributed by atoms with Gasteiger partial charge in [-0.1, -0.05) is 26.7 Å². The van der Waals surface area contributed by atoms with E-state index in [0.29, 0.717) is 18.7 Å². The predicted molar refractivity (Wildman–Crippen MR) is 113 cm³/mol. The molecule has 1 N–H and O–H groups in total. The number of methoxy groups -OCH3 is 2. The first kappa shape index (κ1) is 23.6. The molecular formula is C21H34N2O5S. The van der Waals surface area contributed by atoms with E-state index in [1.807, 2.05) is 13.8 Å². The van der Waals surface area contributed by atoms with Gasteiger partial charge in [0.2, 0.25) is 10.0 Å². The molecule has 1 amide bonds. The minimum atomic E-state index is -3.79. The first-order valence-corrected chi connectivity index (χ1v) is 11.9. The number of hydrogen-bond donors (Lipinski definition) is 1. The molecule has 1 aromatic rings. The summed E-state index contributed by atoms with van der Waals surface area (Å²) >= 11 is 0. The number of hydrogen-bond acceptors (Lipinski definition) is 5. The fraction of sp³-hybridized carbons (Fsp3) is 0.667. The molecular weight excluding hydrogens is 392 g/mol. The monoisotopic (exact) mass is 426 g/mol. The van der Waals surface area contributed by atoms with E-state index in [-0.39, 0.29) is 28.6 Å². The fourth-order valence-corrected chi connectivity index (χ4v) is 5.38. The minimum Gasteiger partial charge on any atom is -0.495 e. The molecule has 0 saturated heterocycles. The van der Waals surface area contributed by atoms with E-state index in [4.69, 9.17) is 9.47 Å². The molecule has 0 spiro atoms. The quantitative estimate of drug-likeness (QED) is 0.587. The highest BCUT2D eigenvalue weighted by Crippen LogP contribution is 2.28. The summed E-state index contributed by atoms with van der Waals surface area (Å²) in [7, 11) is -0.756. The van der Waals surface area contributed by atoms with Crippen molar-refractivity contribution in [1.29, 1.82) is 0 Å². The Bertz CT molecular complexity index is 771. The highest BCUT2D eigenvalue weighted by Gasteiger charge is 2.28. The second-order valence-corrected chi connectivity index (χ2v) is 9.11. The normalized spacial score (nSPS) is 15.1. The van der Waals surface area contributed by atoms with Gasteiger partial charge in [0.25, 0.3) is 5.91 Å². The highest BCUT2D eigenvalue weighted by molar-refractivity contribution is 7.89. The van der Waals surface area contributed by atoms with Gasteiger partial charge in [0.1, 0.15) is 10.6 Å². The lowest BCUT2D eigenvalue weighted by Gasteiger charge is -2.30. The summed E-state index contributed by atoms with van der Waals surface area (Å²) in [6, 6.07) is 4.61. The van der Waals surface area contributed by atoms with E-state index >= 15 is 0 Å². The first-order chi connectivity index (χ1) is 13.9. The van der Waals surface area contributed by atoms with Gasteiger partial charge in [0, 0.05) is 31.3 Å². The summed E-state index contributed by atoms with van der Waals surface area (Å²) < 4.78 is 39.2. The molecule has 8 heteroatoms. The van der Waals surface area contributed by atoms with Crippen LogP contribution < -0.4 is 9.46 Å². The molecule has 2 rings (SSSR count). The smallest absolute Gasteiger partial charge is 0.254 e. The Morgan fingerprint density at radius 3 is 2.41 bits per heavy atom. The third-order valence-corrected chi connectivity index (χ3v) is 7.10. The van der Waals surface area contributed by atoms with Crippen LogP contribution in [0.15, 0.2) is 23.1 Å². The molecule has 1 fully saturated rings. The van der Waals surface area contributed by atoms with E-state index in [0.717, 1.165) is 38.5 Å². The summed E-state index contributed by atoms with van der Waals surface area (Å²) in [5.41, 5.74) is 0.334. The van der Waals surface area contributed by atoms with Crippen molar-refractivity contribution in [3.05, 3.63) is 23.8 Å². The number of benzene rings is 1. The number of nitrogens with zero attached hydrogens (tertiary/aromatic N) is 1. The summed E-state index contributed by atoms with van der Waals surface area (Å²) in [6.07, 6.45) is 5.34. The maximum absolute atomic E-state index is 13.2. The lowest BCUT2D eigenvalue weighted by molar-refractivity contribution is 0.0589. The van der Waals surface area contributed by atoms with Crippen LogP contribution in [-0.4, -0.2) is 58.7 Å². The van der Waals surface area contributed by atoms with Crippen molar-refractivity contribution in [2.24, 2.45) is 0 Å². The second-order valence-electron chi connectivity index (χ2n) is 7.43. The molecule has 7 nitrogen and oxygen atoms in total.